The monoisotopic (exact) mass is 225 g/mol. The van der Waals surface area contributed by atoms with E-state index in [1.54, 1.807) is 20.8 Å². The summed E-state index contributed by atoms with van der Waals surface area (Å²) in [5.74, 6) is -0.495. The molecule has 0 radical (unpaired) electrons. The molecule has 0 aliphatic carbocycles. The predicted octanol–water partition coefficient (Wildman–Crippen LogP) is 1.25. The van der Waals surface area contributed by atoms with Crippen molar-refractivity contribution in [3.63, 3.8) is 0 Å². The molecule has 0 heterocycles. The maximum atomic E-state index is 11.3. The fraction of sp³-hybridized carbons (Fsp3) is 0.583. The first-order valence-corrected chi connectivity index (χ1v) is 5.32. The van der Waals surface area contributed by atoms with Gasteiger partial charge < -0.3 is 5.32 Å². The van der Waals surface area contributed by atoms with Gasteiger partial charge in [-0.05, 0) is 12.5 Å². The zero-order valence-corrected chi connectivity index (χ0v) is 10.1. The summed E-state index contributed by atoms with van der Waals surface area (Å²) in [5, 5.41) is 2.49. The Bertz CT molecular complexity index is 305. The van der Waals surface area contributed by atoms with E-state index >= 15 is 0 Å². The van der Waals surface area contributed by atoms with Gasteiger partial charge in [0.2, 0.25) is 5.91 Å². The lowest BCUT2D eigenvalue weighted by atomic mass is 10.1. The van der Waals surface area contributed by atoms with Gasteiger partial charge in [-0.15, -0.1) is 0 Å². The molecule has 0 aliphatic rings. The standard InChI is InChI=1S/C12H19NO3/c1-8(2)10(14)5-6-12(16)13-7-11(15)9(3)4/h9H,1,5-7H2,2-4H3,(H,13,16). The van der Waals surface area contributed by atoms with Gasteiger partial charge in [-0.2, -0.15) is 0 Å². The number of amides is 1. The van der Waals surface area contributed by atoms with Gasteiger partial charge in [0.1, 0.15) is 0 Å². The van der Waals surface area contributed by atoms with Gasteiger partial charge in [-0.3, -0.25) is 14.4 Å². The number of Topliss-reactive ketones (excluding diaryl/α,β-unsaturated/α-hetero) is 2. The van der Waals surface area contributed by atoms with Crippen molar-refractivity contribution in [3.8, 4) is 0 Å². The molecule has 4 heteroatoms. The Balaban J connectivity index is 3.80. The molecule has 0 unspecified atom stereocenters. The average Bonchev–Trinajstić information content (AvgIpc) is 2.21. The highest BCUT2D eigenvalue weighted by molar-refractivity contribution is 5.96. The van der Waals surface area contributed by atoms with E-state index in [1.807, 2.05) is 0 Å². The molecule has 16 heavy (non-hydrogen) atoms. The Labute approximate surface area is 96.1 Å². The number of hydrogen-bond acceptors (Lipinski definition) is 3. The van der Waals surface area contributed by atoms with Crippen molar-refractivity contribution >= 4 is 17.5 Å². The molecular weight excluding hydrogens is 206 g/mol. The first kappa shape index (κ1) is 14.6. The van der Waals surface area contributed by atoms with Crippen LogP contribution in [-0.4, -0.2) is 24.0 Å². The summed E-state index contributed by atoms with van der Waals surface area (Å²) in [6.45, 7) is 8.70. The van der Waals surface area contributed by atoms with Gasteiger partial charge in [0.05, 0.1) is 6.54 Å². The van der Waals surface area contributed by atoms with E-state index < -0.39 is 0 Å². The molecule has 0 atom stereocenters. The van der Waals surface area contributed by atoms with Crippen molar-refractivity contribution in [1.29, 1.82) is 0 Å². The number of carbonyl (C=O) groups excluding carboxylic acids is 3. The van der Waals surface area contributed by atoms with E-state index in [4.69, 9.17) is 0 Å². The molecular formula is C12H19NO3. The molecule has 0 fully saturated rings. The normalized spacial score (nSPS) is 10.0. The van der Waals surface area contributed by atoms with E-state index in [1.165, 1.54) is 0 Å². The number of allylic oxidation sites excluding steroid dienone is 1. The van der Waals surface area contributed by atoms with Crippen LogP contribution >= 0.6 is 0 Å². The van der Waals surface area contributed by atoms with Gasteiger partial charge >= 0.3 is 0 Å². The third-order valence-corrected chi connectivity index (χ3v) is 2.16. The van der Waals surface area contributed by atoms with Crippen molar-refractivity contribution < 1.29 is 14.4 Å². The second-order valence-electron chi connectivity index (χ2n) is 4.10. The topological polar surface area (TPSA) is 63.2 Å². The largest absolute Gasteiger partial charge is 0.349 e. The van der Waals surface area contributed by atoms with Crippen molar-refractivity contribution in [1.82, 2.24) is 5.32 Å². The van der Waals surface area contributed by atoms with Crippen LogP contribution < -0.4 is 5.32 Å². The first-order valence-electron chi connectivity index (χ1n) is 5.32. The SMILES string of the molecule is C=C(C)C(=O)CCC(=O)NCC(=O)C(C)C. The fourth-order valence-corrected chi connectivity index (χ4v) is 0.919. The van der Waals surface area contributed by atoms with E-state index in [0.717, 1.165) is 0 Å². The summed E-state index contributed by atoms with van der Waals surface area (Å²) in [4.78, 5) is 33.6. The van der Waals surface area contributed by atoms with Gasteiger partial charge in [0.15, 0.2) is 11.6 Å². The first-order chi connectivity index (χ1) is 7.34. The summed E-state index contributed by atoms with van der Waals surface area (Å²) < 4.78 is 0. The molecule has 0 rings (SSSR count). The van der Waals surface area contributed by atoms with Gasteiger partial charge in [0.25, 0.3) is 0 Å². The molecule has 1 N–H and O–H groups in total. The fourth-order valence-electron chi connectivity index (χ4n) is 0.919. The maximum absolute atomic E-state index is 11.3. The van der Waals surface area contributed by atoms with Crippen LogP contribution in [-0.2, 0) is 14.4 Å². The molecule has 0 spiro atoms. The summed E-state index contributed by atoms with van der Waals surface area (Å²) >= 11 is 0. The highest BCUT2D eigenvalue weighted by Crippen LogP contribution is 1.99. The molecule has 0 aromatic heterocycles. The van der Waals surface area contributed by atoms with Crippen LogP contribution in [0.2, 0.25) is 0 Å². The van der Waals surface area contributed by atoms with Gasteiger partial charge in [0, 0.05) is 18.8 Å². The highest BCUT2D eigenvalue weighted by Gasteiger charge is 2.10. The predicted molar refractivity (Wildman–Crippen MR) is 61.9 cm³/mol. The summed E-state index contributed by atoms with van der Waals surface area (Å²) in [6, 6.07) is 0. The average molecular weight is 225 g/mol. The van der Waals surface area contributed by atoms with Crippen molar-refractivity contribution in [2.45, 2.75) is 33.6 Å². The molecule has 1 amide bonds. The lowest BCUT2D eigenvalue weighted by Gasteiger charge is -2.06. The van der Waals surface area contributed by atoms with Crippen LogP contribution in [0.4, 0.5) is 0 Å². The van der Waals surface area contributed by atoms with Crippen molar-refractivity contribution in [2.75, 3.05) is 6.54 Å². The molecule has 0 saturated heterocycles. The minimum absolute atomic E-state index is 0.0143. The molecule has 0 bridgehead atoms. The zero-order valence-electron chi connectivity index (χ0n) is 10.1. The smallest absolute Gasteiger partial charge is 0.220 e. The minimum Gasteiger partial charge on any atom is -0.349 e. The van der Waals surface area contributed by atoms with Crippen LogP contribution in [0.1, 0.15) is 33.6 Å². The second-order valence-corrected chi connectivity index (χ2v) is 4.10. The van der Waals surface area contributed by atoms with E-state index in [9.17, 15) is 14.4 Å². The number of carbonyl (C=O) groups is 3. The quantitative estimate of drug-likeness (QED) is 0.663. The van der Waals surface area contributed by atoms with E-state index in [-0.39, 0.29) is 42.8 Å². The number of nitrogens with one attached hydrogen (secondary N) is 1. The number of hydrogen-bond donors (Lipinski definition) is 1. The molecule has 0 aromatic carbocycles. The van der Waals surface area contributed by atoms with Crippen LogP contribution in [0.3, 0.4) is 0 Å². The van der Waals surface area contributed by atoms with Crippen molar-refractivity contribution in [3.05, 3.63) is 12.2 Å². The lowest BCUT2D eigenvalue weighted by Crippen LogP contribution is -2.31. The van der Waals surface area contributed by atoms with Crippen LogP contribution in [0.5, 0.6) is 0 Å². The van der Waals surface area contributed by atoms with Crippen molar-refractivity contribution in [2.24, 2.45) is 5.92 Å². The Morgan fingerprint density at radius 3 is 2.19 bits per heavy atom. The Kier molecular flexibility index (Phi) is 6.30. The maximum Gasteiger partial charge on any atom is 0.220 e. The Morgan fingerprint density at radius 2 is 1.75 bits per heavy atom. The summed E-state index contributed by atoms with van der Waals surface area (Å²) in [5.41, 5.74) is 0.450. The number of rotatable bonds is 7. The van der Waals surface area contributed by atoms with Crippen LogP contribution in [0.15, 0.2) is 12.2 Å². The van der Waals surface area contributed by atoms with Crippen LogP contribution in [0.25, 0.3) is 0 Å². The minimum atomic E-state index is -0.274. The molecule has 0 aromatic rings. The van der Waals surface area contributed by atoms with Crippen LogP contribution in [0, 0.1) is 5.92 Å². The third-order valence-electron chi connectivity index (χ3n) is 2.16. The zero-order chi connectivity index (χ0) is 12.7. The second kappa shape index (κ2) is 6.93. The molecule has 4 nitrogen and oxygen atoms in total. The lowest BCUT2D eigenvalue weighted by molar-refractivity contribution is -0.127. The summed E-state index contributed by atoms with van der Waals surface area (Å²) in [6.07, 6.45) is 0.258. The molecule has 90 valence electrons. The Morgan fingerprint density at radius 1 is 1.19 bits per heavy atom. The highest BCUT2D eigenvalue weighted by atomic mass is 16.2. The molecule has 0 aliphatic heterocycles. The number of ketones is 2. The third kappa shape index (κ3) is 6.11. The van der Waals surface area contributed by atoms with Gasteiger partial charge in [-0.25, -0.2) is 0 Å². The Hall–Kier alpha value is -1.45. The van der Waals surface area contributed by atoms with Gasteiger partial charge in [-0.1, -0.05) is 20.4 Å². The molecule has 0 saturated carbocycles. The van der Waals surface area contributed by atoms with E-state index in [0.29, 0.717) is 5.57 Å². The van der Waals surface area contributed by atoms with E-state index in [2.05, 4.69) is 11.9 Å². The summed E-state index contributed by atoms with van der Waals surface area (Å²) in [7, 11) is 0.